The summed E-state index contributed by atoms with van der Waals surface area (Å²) in [6.07, 6.45) is 4.73. The number of aromatic nitrogens is 1. The third-order valence-electron chi connectivity index (χ3n) is 3.79. The number of hydrogen-bond donors (Lipinski definition) is 1. The van der Waals surface area contributed by atoms with Crippen molar-refractivity contribution in [1.82, 2.24) is 4.98 Å². The Morgan fingerprint density at radius 1 is 0.950 bits per heavy atom. The second kappa shape index (κ2) is 5.85. The summed E-state index contributed by atoms with van der Waals surface area (Å²) in [7, 11) is 0. The largest absolute Gasteiger partial charge is 0.330 e. The van der Waals surface area contributed by atoms with Gasteiger partial charge in [-0.2, -0.15) is 0 Å². The zero-order chi connectivity index (χ0) is 13.8. The molecule has 2 nitrogen and oxygen atoms in total. The molecule has 2 aromatic carbocycles. The van der Waals surface area contributed by atoms with Crippen LogP contribution in [-0.2, 0) is 6.42 Å². The Hall–Kier alpha value is -2.19. The van der Waals surface area contributed by atoms with Gasteiger partial charge in [0, 0.05) is 23.7 Å². The van der Waals surface area contributed by atoms with E-state index in [1.165, 1.54) is 21.9 Å². The van der Waals surface area contributed by atoms with Crippen LogP contribution in [0.25, 0.3) is 10.8 Å². The van der Waals surface area contributed by atoms with E-state index in [-0.39, 0.29) is 0 Å². The minimum Gasteiger partial charge on any atom is -0.330 e. The highest BCUT2D eigenvalue weighted by Gasteiger charge is 2.12. The van der Waals surface area contributed by atoms with E-state index in [1.807, 2.05) is 18.5 Å². The molecular weight excluding hydrogens is 244 g/mol. The van der Waals surface area contributed by atoms with Crippen LogP contribution in [0.4, 0.5) is 0 Å². The second-order valence-corrected chi connectivity index (χ2v) is 5.06. The van der Waals surface area contributed by atoms with Crippen LogP contribution in [0.1, 0.15) is 17.0 Å². The number of benzene rings is 2. The maximum atomic E-state index is 5.98. The average Bonchev–Trinajstić information content (AvgIpc) is 2.53. The predicted molar refractivity (Wildman–Crippen MR) is 83.7 cm³/mol. The van der Waals surface area contributed by atoms with Gasteiger partial charge in [0.25, 0.3) is 0 Å². The molecule has 0 spiro atoms. The van der Waals surface area contributed by atoms with E-state index in [0.717, 1.165) is 6.42 Å². The third kappa shape index (κ3) is 2.56. The molecule has 0 fully saturated rings. The normalized spacial score (nSPS) is 12.4. The molecule has 1 heterocycles. The molecule has 0 saturated carbocycles. The number of fused-ring (bicyclic) bond motifs is 1. The summed E-state index contributed by atoms with van der Waals surface area (Å²) < 4.78 is 0. The number of rotatable bonds is 4. The fourth-order valence-corrected chi connectivity index (χ4v) is 2.70. The van der Waals surface area contributed by atoms with Crippen LogP contribution in [0, 0.1) is 0 Å². The highest BCUT2D eigenvalue weighted by Crippen LogP contribution is 2.25. The second-order valence-electron chi connectivity index (χ2n) is 5.06. The van der Waals surface area contributed by atoms with Gasteiger partial charge in [0.1, 0.15) is 0 Å². The zero-order valence-corrected chi connectivity index (χ0v) is 11.4. The van der Waals surface area contributed by atoms with Crippen molar-refractivity contribution in [3.05, 3.63) is 78.1 Å². The Labute approximate surface area is 119 Å². The van der Waals surface area contributed by atoms with Crippen LogP contribution in [0.5, 0.6) is 0 Å². The summed E-state index contributed by atoms with van der Waals surface area (Å²) in [5.74, 6) is 0.356. The van der Waals surface area contributed by atoms with Crippen LogP contribution in [-0.4, -0.2) is 11.5 Å². The molecule has 0 aliphatic rings. The molecule has 1 unspecified atom stereocenters. The lowest BCUT2D eigenvalue weighted by atomic mass is 9.90. The number of pyridine rings is 1. The summed E-state index contributed by atoms with van der Waals surface area (Å²) in [5, 5.41) is 2.46. The van der Waals surface area contributed by atoms with Gasteiger partial charge in [0.15, 0.2) is 0 Å². The van der Waals surface area contributed by atoms with E-state index in [0.29, 0.717) is 12.5 Å². The van der Waals surface area contributed by atoms with Crippen molar-refractivity contribution in [3.8, 4) is 0 Å². The Bertz CT molecular complexity index is 687. The molecule has 0 saturated heterocycles. The quantitative estimate of drug-likeness (QED) is 0.781. The maximum Gasteiger partial charge on any atom is 0.0346 e. The molecule has 0 aliphatic carbocycles. The van der Waals surface area contributed by atoms with E-state index in [9.17, 15) is 0 Å². The summed E-state index contributed by atoms with van der Waals surface area (Å²) >= 11 is 0. The summed E-state index contributed by atoms with van der Waals surface area (Å²) in [6.45, 7) is 0.658. The summed E-state index contributed by atoms with van der Waals surface area (Å²) in [6, 6.07) is 19.0. The van der Waals surface area contributed by atoms with Gasteiger partial charge < -0.3 is 5.73 Å². The molecule has 0 bridgehead atoms. The van der Waals surface area contributed by atoms with Crippen LogP contribution in [0.3, 0.4) is 0 Å². The van der Waals surface area contributed by atoms with Gasteiger partial charge >= 0.3 is 0 Å². The van der Waals surface area contributed by atoms with Crippen LogP contribution >= 0.6 is 0 Å². The van der Waals surface area contributed by atoms with Gasteiger partial charge in [-0.05, 0) is 35.5 Å². The highest BCUT2D eigenvalue weighted by atomic mass is 14.6. The number of hydrogen-bond acceptors (Lipinski definition) is 2. The van der Waals surface area contributed by atoms with Crippen LogP contribution in [0.2, 0.25) is 0 Å². The topological polar surface area (TPSA) is 38.9 Å². The Balaban J connectivity index is 1.96. The SMILES string of the molecule is NCC(Cc1cccc2cnccc12)c1ccccc1. The molecule has 0 amide bonds. The van der Waals surface area contributed by atoms with Crippen molar-refractivity contribution in [1.29, 1.82) is 0 Å². The Morgan fingerprint density at radius 2 is 1.80 bits per heavy atom. The van der Waals surface area contributed by atoms with Gasteiger partial charge in [0.05, 0.1) is 0 Å². The summed E-state index contributed by atoms with van der Waals surface area (Å²) in [4.78, 5) is 4.19. The molecule has 0 aliphatic heterocycles. The first-order valence-electron chi connectivity index (χ1n) is 6.95. The third-order valence-corrected chi connectivity index (χ3v) is 3.79. The lowest BCUT2D eigenvalue weighted by molar-refractivity contribution is 0.697. The van der Waals surface area contributed by atoms with E-state index < -0.39 is 0 Å². The Morgan fingerprint density at radius 3 is 2.60 bits per heavy atom. The number of nitrogens with two attached hydrogens (primary N) is 1. The van der Waals surface area contributed by atoms with E-state index >= 15 is 0 Å². The molecule has 3 rings (SSSR count). The van der Waals surface area contributed by atoms with Crippen molar-refractivity contribution in [2.24, 2.45) is 5.73 Å². The monoisotopic (exact) mass is 262 g/mol. The molecule has 0 radical (unpaired) electrons. The lowest BCUT2D eigenvalue weighted by Crippen LogP contribution is -2.15. The maximum absolute atomic E-state index is 5.98. The van der Waals surface area contributed by atoms with Crippen molar-refractivity contribution >= 4 is 10.8 Å². The van der Waals surface area contributed by atoms with Gasteiger partial charge in [-0.3, -0.25) is 4.98 Å². The minimum absolute atomic E-state index is 0.356. The fourth-order valence-electron chi connectivity index (χ4n) is 2.70. The smallest absolute Gasteiger partial charge is 0.0346 e. The molecule has 100 valence electrons. The predicted octanol–water partition coefficient (Wildman–Crippen LogP) is 3.52. The molecule has 2 N–H and O–H groups in total. The first-order chi connectivity index (χ1) is 9.88. The van der Waals surface area contributed by atoms with Crippen LogP contribution in [0.15, 0.2) is 67.0 Å². The molecule has 20 heavy (non-hydrogen) atoms. The van der Waals surface area contributed by atoms with Gasteiger partial charge in [-0.25, -0.2) is 0 Å². The van der Waals surface area contributed by atoms with Crippen molar-refractivity contribution in [3.63, 3.8) is 0 Å². The molecule has 3 aromatic rings. The fraction of sp³-hybridized carbons (Fsp3) is 0.167. The standard InChI is InChI=1S/C18H18N2/c19-12-17(14-5-2-1-3-6-14)11-15-7-4-8-16-13-20-10-9-18(15)16/h1-10,13,17H,11-12,19H2. The first kappa shape index (κ1) is 12.8. The van der Waals surface area contributed by atoms with E-state index in [2.05, 4.69) is 53.5 Å². The average molecular weight is 262 g/mol. The molecular formula is C18H18N2. The number of nitrogens with zero attached hydrogens (tertiary/aromatic N) is 1. The van der Waals surface area contributed by atoms with E-state index in [4.69, 9.17) is 5.73 Å². The van der Waals surface area contributed by atoms with Crippen LogP contribution < -0.4 is 5.73 Å². The zero-order valence-electron chi connectivity index (χ0n) is 11.4. The minimum atomic E-state index is 0.356. The van der Waals surface area contributed by atoms with Crippen molar-refractivity contribution < 1.29 is 0 Å². The molecule has 1 atom stereocenters. The van der Waals surface area contributed by atoms with Gasteiger partial charge in [0.2, 0.25) is 0 Å². The first-order valence-corrected chi connectivity index (χ1v) is 6.95. The van der Waals surface area contributed by atoms with Crippen molar-refractivity contribution in [2.75, 3.05) is 6.54 Å². The molecule has 2 heteroatoms. The lowest BCUT2D eigenvalue weighted by Gasteiger charge is -2.16. The summed E-state index contributed by atoms with van der Waals surface area (Å²) in [5.41, 5.74) is 8.63. The van der Waals surface area contributed by atoms with E-state index in [1.54, 1.807) is 0 Å². The molecule has 1 aromatic heterocycles. The van der Waals surface area contributed by atoms with Crippen molar-refractivity contribution in [2.45, 2.75) is 12.3 Å². The highest BCUT2D eigenvalue weighted by molar-refractivity contribution is 5.84. The van der Waals surface area contributed by atoms with Gasteiger partial charge in [-0.15, -0.1) is 0 Å². The Kier molecular flexibility index (Phi) is 3.75. The van der Waals surface area contributed by atoms with Gasteiger partial charge in [-0.1, -0.05) is 48.5 Å².